The number of benzene rings is 2. The smallest absolute Gasteiger partial charge is 0.000496 e. The maximum absolute atomic E-state index is 2.86. The number of fused-ring (bicyclic) bond motifs is 4. The summed E-state index contributed by atoms with van der Waals surface area (Å²) in [6.45, 7) is 0. The van der Waals surface area contributed by atoms with Crippen LogP contribution in [0.1, 0.15) is 30.4 Å². The summed E-state index contributed by atoms with van der Waals surface area (Å²) >= 11 is 0. The number of aryl methyl sites for hydroxylation is 1. The van der Waals surface area contributed by atoms with E-state index in [0.29, 0.717) is 0 Å². The molecule has 0 spiro atoms. The maximum Gasteiger partial charge on any atom is 0.000496 e. The van der Waals surface area contributed by atoms with Crippen LogP contribution in [0.5, 0.6) is 0 Å². The van der Waals surface area contributed by atoms with Gasteiger partial charge in [0.1, 0.15) is 0 Å². The second-order valence-electron chi connectivity index (χ2n) is 6.16. The van der Waals surface area contributed by atoms with Gasteiger partial charge in [-0.05, 0) is 65.3 Å². The summed E-state index contributed by atoms with van der Waals surface area (Å²) < 4.78 is 0. The van der Waals surface area contributed by atoms with E-state index in [1.54, 1.807) is 11.1 Å². The molecule has 1 nitrogen and oxygen atoms in total. The standard InChI is InChI=1S/C18H16.C4H5N/c1-3-7-15-13(5-1)9-11-18-16-8-4-2-6-14(16)10-12-17(15)18;1-2-4-5-3-1/h1,3-5,7-9,11H,2,6,10,12H2;1-5H. The number of nitrogens with one attached hydrogen (secondary N) is 1. The van der Waals surface area contributed by atoms with Crippen molar-refractivity contribution in [2.75, 3.05) is 0 Å². The van der Waals surface area contributed by atoms with Crippen molar-refractivity contribution < 1.29 is 0 Å². The van der Waals surface area contributed by atoms with Crippen LogP contribution in [-0.4, -0.2) is 4.98 Å². The lowest BCUT2D eigenvalue weighted by Gasteiger charge is -2.25. The van der Waals surface area contributed by atoms with Gasteiger partial charge in [0.25, 0.3) is 0 Å². The summed E-state index contributed by atoms with van der Waals surface area (Å²) in [5.74, 6) is 0. The van der Waals surface area contributed by atoms with Crippen LogP contribution in [0.25, 0.3) is 16.3 Å². The van der Waals surface area contributed by atoms with E-state index in [4.69, 9.17) is 0 Å². The third kappa shape index (κ3) is 2.75. The Morgan fingerprint density at radius 3 is 2.48 bits per heavy atom. The average molecular weight is 299 g/mol. The Hall–Kier alpha value is -2.54. The minimum absolute atomic E-state index is 1.21. The highest BCUT2D eigenvalue weighted by Gasteiger charge is 2.20. The quantitative estimate of drug-likeness (QED) is 0.531. The fraction of sp³-hybridized carbons (Fsp3) is 0.182. The molecule has 0 amide bonds. The molecule has 1 heterocycles. The van der Waals surface area contributed by atoms with Crippen molar-refractivity contribution in [3.63, 3.8) is 0 Å². The molecule has 2 aliphatic rings. The lowest BCUT2D eigenvalue weighted by molar-refractivity contribution is 0.831. The predicted octanol–water partition coefficient (Wildman–Crippen LogP) is 5.90. The molecular formula is C22H21N. The van der Waals surface area contributed by atoms with Crippen LogP contribution in [-0.2, 0) is 6.42 Å². The first kappa shape index (κ1) is 14.1. The van der Waals surface area contributed by atoms with Crippen molar-refractivity contribution in [2.45, 2.75) is 25.7 Å². The van der Waals surface area contributed by atoms with Crippen LogP contribution in [0.4, 0.5) is 0 Å². The summed E-state index contributed by atoms with van der Waals surface area (Å²) in [5.41, 5.74) is 6.21. The van der Waals surface area contributed by atoms with Crippen LogP contribution in [0.15, 0.2) is 78.6 Å². The highest BCUT2D eigenvalue weighted by Crippen LogP contribution is 2.39. The molecule has 23 heavy (non-hydrogen) atoms. The zero-order valence-electron chi connectivity index (χ0n) is 13.3. The third-order valence-corrected chi connectivity index (χ3v) is 4.78. The molecule has 0 fully saturated rings. The van der Waals surface area contributed by atoms with Gasteiger partial charge in [-0.3, -0.25) is 0 Å². The topological polar surface area (TPSA) is 15.8 Å². The highest BCUT2D eigenvalue weighted by atomic mass is 14.6. The number of H-pyrrole nitrogens is 1. The average Bonchev–Trinajstić information content (AvgIpc) is 3.21. The van der Waals surface area contributed by atoms with E-state index < -0.39 is 0 Å². The van der Waals surface area contributed by atoms with Gasteiger partial charge in [0.05, 0.1) is 0 Å². The molecule has 0 bridgehead atoms. The summed E-state index contributed by atoms with van der Waals surface area (Å²) in [4.78, 5) is 2.86. The van der Waals surface area contributed by atoms with Gasteiger partial charge in [-0.2, -0.15) is 0 Å². The molecule has 0 saturated carbocycles. The van der Waals surface area contributed by atoms with E-state index in [9.17, 15) is 0 Å². The molecule has 2 aliphatic carbocycles. The molecule has 2 aromatic carbocycles. The zero-order chi connectivity index (χ0) is 15.5. The summed E-state index contributed by atoms with van der Waals surface area (Å²) in [6.07, 6.45) is 13.4. The van der Waals surface area contributed by atoms with Crippen LogP contribution < -0.4 is 0 Å². The summed E-state index contributed by atoms with van der Waals surface area (Å²) in [6, 6.07) is 17.3. The van der Waals surface area contributed by atoms with Gasteiger partial charge in [-0.15, -0.1) is 0 Å². The minimum Gasteiger partial charge on any atom is -0.368 e. The molecule has 0 saturated heterocycles. The molecule has 114 valence electrons. The van der Waals surface area contributed by atoms with E-state index >= 15 is 0 Å². The first-order chi connectivity index (χ1) is 11.4. The number of aromatic amines is 1. The third-order valence-electron chi connectivity index (χ3n) is 4.78. The molecule has 1 N–H and O–H groups in total. The Bertz CT molecular complexity index is 849. The minimum atomic E-state index is 1.21. The van der Waals surface area contributed by atoms with E-state index in [1.165, 1.54) is 47.6 Å². The molecular weight excluding hydrogens is 278 g/mol. The summed E-state index contributed by atoms with van der Waals surface area (Å²) in [5, 5.41) is 2.82. The van der Waals surface area contributed by atoms with Crippen molar-refractivity contribution >= 4 is 16.3 Å². The number of hydrogen-bond donors (Lipinski definition) is 1. The predicted molar refractivity (Wildman–Crippen MR) is 98.4 cm³/mol. The first-order valence-electron chi connectivity index (χ1n) is 8.41. The number of allylic oxidation sites excluding steroid dienone is 4. The van der Waals surface area contributed by atoms with Crippen molar-refractivity contribution in [1.82, 2.24) is 4.98 Å². The van der Waals surface area contributed by atoms with Crippen molar-refractivity contribution in [3.05, 3.63) is 89.8 Å². The van der Waals surface area contributed by atoms with Gasteiger partial charge < -0.3 is 4.98 Å². The Morgan fingerprint density at radius 1 is 0.783 bits per heavy atom. The van der Waals surface area contributed by atoms with E-state index in [0.717, 1.165) is 0 Å². The van der Waals surface area contributed by atoms with Gasteiger partial charge in [0.15, 0.2) is 0 Å². The molecule has 0 atom stereocenters. The molecule has 5 rings (SSSR count). The monoisotopic (exact) mass is 299 g/mol. The van der Waals surface area contributed by atoms with Crippen LogP contribution in [0, 0.1) is 0 Å². The van der Waals surface area contributed by atoms with Crippen molar-refractivity contribution in [3.8, 4) is 0 Å². The van der Waals surface area contributed by atoms with E-state index in [1.807, 2.05) is 24.5 Å². The number of rotatable bonds is 0. The largest absolute Gasteiger partial charge is 0.368 e. The van der Waals surface area contributed by atoms with Gasteiger partial charge in [0.2, 0.25) is 0 Å². The maximum atomic E-state index is 2.86. The first-order valence-corrected chi connectivity index (χ1v) is 8.41. The van der Waals surface area contributed by atoms with E-state index in [2.05, 4.69) is 53.5 Å². The van der Waals surface area contributed by atoms with E-state index in [-0.39, 0.29) is 0 Å². The fourth-order valence-corrected chi connectivity index (χ4v) is 3.66. The summed E-state index contributed by atoms with van der Waals surface area (Å²) in [7, 11) is 0. The lowest BCUT2D eigenvalue weighted by atomic mass is 9.80. The zero-order valence-corrected chi connectivity index (χ0v) is 13.3. The van der Waals surface area contributed by atoms with Crippen LogP contribution in [0.2, 0.25) is 0 Å². The normalized spacial score (nSPS) is 15.7. The molecule has 0 radical (unpaired) electrons. The SMILES string of the molecule is C1=CC2=C(CC1)CCc1c2ccc2ccccc12.c1cc[nH]c1. The van der Waals surface area contributed by atoms with Gasteiger partial charge in [-0.1, -0.05) is 54.1 Å². The second-order valence-corrected chi connectivity index (χ2v) is 6.16. The number of hydrogen-bond acceptors (Lipinski definition) is 0. The molecule has 1 aromatic heterocycles. The molecule has 1 heteroatoms. The highest BCUT2D eigenvalue weighted by molar-refractivity contribution is 5.93. The van der Waals surface area contributed by atoms with Crippen molar-refractivity contribution in [2.24, 2.45) is 0 Å². The van der Waals surface area contributed by atoms with Gasteiger partial charge >= 0.3 is 0 Å². The van der Waals surface area contributed by atoms with Crippen LogP contribution >= 0.6 is 0 Å². The number of aromatic nitrogens is 1. The second kappa shape index (κ2) is 6.29. The molecule has 3 aromatic rings. The van der Waals surface area contributed by atoms with Gasteiger partial charge in [-0.25, -0.2) is 0 Å². The van der Waals surface area contributed by atoms with Crippen molar-refractivity contribution in [1.29, 1.82) is 0 Å². The Balaban J connectivity index is 0.000000233. The fourth-order valence-electron chi connectivity index (χ4n) is 3.66. The molecule has 0 aliphatic heterocycles. The Morgan fingerprint density at radius 2 is 1.65 bits per heavy atom. The molecule has 0 unspecified atom stereocenters. The van der Waals surface area contributed by atoms with Gasteiger partial charge in [0, 0.05) is 12.4 Å². The van der Waals surface area contributed by atoms with Crippen LogP contribution in [0.3, 0.4) is 0 Å². The lowest BCUT2D eigenvalue weighted by Crippen LogP contribution is -2.06. The Kier molecular flexibility index (Phi) is 3.85. The Labute approximate surface area is 137 Å².